The second-order valence-electron chi connectivity index (χ2n) is 6.37. The molecule has 0 bridgehead atoms. The van der Waals surface area contributed by atoms with Gasteiger partial charge < -0.3 is 10.2 Å². The molecule has 0 saturated carbocycles. The number of aromatic nitrogens is 4. The first-order chi connectivity index (χ1) is 11.7. The van der Waals surface area contributed by atoms with Crippen LogP contribution in [0, 0.1) is 12.8 Å². The Hall–Kier alpha value is -2.28. The van der Waals surface area contributed by atoms with Crippen LogP contribution in [0.5, 0.6) is 0 Å². The molecule has 24 heavy (non-hydrogen) atoms. The summed E-state index contributed by atoms with van der Waals surface area (Å²) in [4.78, 5) is 15.1. The molecular weight excluding hydrogens is 304 g/mol. The smallest absolute Gasteiger partial charge is 0.247 e. The van der Waals surface area contributed by atoms with Crippen LogP contribution in [0.3, 0.4) is 0 Å². The Bertz CT molecular complexity index is 671. The second kappa shape index (κ2) is 7.53. The van der Waals surface area contributed by atoms with E-state index in [-0.39, 0.29) is 5.91 Å². The van der Waals surface area contributed by atoms with Crippen molar-refractivity contribution in [2.24, 2.45) is 5.92 Å². The second-order valence-corrected chi connectivity index (χ2v) is 6.37. The fraction of sp³-hybridized carbons (Fsp3) is 0.529. The number of carbonyl (C=O) groups excluding carboxylic acids is 1. The van der Waals surface area contributed by atoms with Crippen LogP contribution in [0.4, 0.5) is 0 Å². The van der Waals surface area contributed by atoms with Gasteiger partial charge >= 0.3 is 0 Å². The molecule has 1 saturated heterocycles. The summed E-state index contributed by atoms with van der Waals surface area (Å²) < 4.78 is 1.65. The van der Waals surface area contributed by atoms with E-state index in [0.29, 0.717) is 18.2 Å². The van der Waals surface area contributed by atoms with Gasteiger partial charge in [-0.2, -0.15) is 0 Å². The normalized spacial score (nSPS) is 18.8. The van der Waals surface area contributed by atoms with Crippen LogP contribution in [-0.4, -0.2) is 57.7 Å². The molecule has 0 radical (unpaired) electrons. The molecule has 0 aliphatic carbocycles. The lowest BCUT2D eigenvalue weighted by Crippen LogP contribution is -2.38. The highest BCUT2D eigenvalue weighted by atomic mass is 16.2. The van der Waals surface area contributed by atoms with Crippen LogP contribution in [0.15, 0.2) is 30.3 Å². The van der Waals surface area contributed by atoms with Crippen molar-refractivity contribution in [2.75, 3.05) is 26.7 Å². The van der Waals surface area contributed by atoms with Crippen molar-refractivity contribution in [1.82, 2.24) is 30.4 Å². The first kappa shape index (κ1) is 16.6. The van der Waals surface area contributed by atoms with Crippen molar-refractivity contribution in [1.29, 1.82) is 0 Å². The van der Waals surface area contributed by atoms with E-state index < -0.39 is 6.04 Å². The molecule has 1 fully saturated rings. The summed E-state index contributed by atoms with van der Waals surface area (Å²) in [6.45, 7) is 4.37. The average molecular weight is 328 g/mol. The Morgan fingerprint density at radius 1 is 1.38 bits per heavy atom. The van der Waals surface area contributed by atoms with Crippen molar-refractivity contribution >= 4 is 5.91 Å². The molecule has 1 amide bonds. The fourth-order valence-corrected chi connectivity index (χ4v) is 3.34. The predicted octanol–water partition coefficient (Wildman–Crippen LogP) is 0.833. The van der Waals surface area contributed by atoms with Gasteiger partial charge in [0, 0.05) is 19.5 Å². The Labute approximate surface area is 142 Å². The zero-order chi connectivity index (χ0) is 16.9. The average Bonchev–Trinajstić information content (AvgIpc) is 3.23. The lowest BCUT2D eigenvalue weighted by atomic mass is 10.0. The zero-order valence-corrected chi connectivity index (χ0v) is 14.2. The summed E-state index contributed by atoms with van der Waals surface area (Å²) in [5.74, 6) is 1.29. The third-order valence-electron chi connectivity index (χ3n) is 4.60. The van der Waals surface area contributed by atoms with E-state index in [9.17, 15) is 4.79 Å². The molecule has 1 N–H and O–H groups in total. The highest BCUT2D eigenvalue weighted by molar-refractivity contribution is 5.81. The highest BCUT2D eigenvalue weighted by Crippen LogP contribution is 2.22. The number of amides is 1. The van der Waals surface area contributed by atoms with Crippen LogP contribution in [0.25, 0.3) is 0 Å². The number of hydrogen-bond donors (Lipinski definition) is 1. The molecule has 1 aliphatic rings. The topological polar surface area (TPSA) is 75.9 Å². The molecule has 2 aromatic rings. The van der Waals surface area contributed by atoms with Crippen molar-refractivity contribution < 1.29 is 4.79 Å². The molecule has 2 unspecified atom stereocenters. The van der Waals surface area contributed by atoms with Gasteiger partial charge in [-0.25, -0.2) is 4.68 Å². The van der Waals surface area contributed by atoms with Gasteiger partial charge in [0.25, 0.3) is 0 Å². The Morgan fingerprint density at radius 2 is 2.17 bits per heavy atom. The van der Waals surface area contributed by atoms with Gasteiger partial charge in [-0.3, -0.25) is 4.79 Å². The minimum absolute atomic E-state index is 0.104. The molecule has 1 aliphatic heterocycles. The Balaban J connectivity index is 1.80. The molecular formula is C17H24N6O. The lowest BCUT2D eigenvalue weighted by Gasteiger charge is -2.24. The van der Waals surface area contributed by atoms with E-state index in [1.807, 2.05) is 49.2 Å². The van der Waals surface area contributed by atoms with E-state index in [0.717, 1.165) is 31.6 Å². The third-order valence-corrected chi connectivity index (χ3v) is 4.60. The molecule has 1 aromatic carbocycles. The van der Waals surface area contributed by atoms with Crippen LogP contribution in [0.1, 0.15) is 23.9 Å². The molecule has 3 rings (SSSR count). The number of tetrazole rings is 1. The van der Waals surface area contributed by atoms with Gasteiger partial charge in [-0.05, 0) is 48.8 Å². The van der Waals surface area contributed by atoms with Gasteiger partial charge in [0.15, 0.2) is 0 Å². The van der Waals surface area contributed by atoms with Crippen molar-refractivity contribution in [3.8, 4) is 0 Å². The maximum Gasteiger partial charge on any atom is 0.247 e. The van der Waals surface area contributed by atoms with Gasteiger partial charge in [0.1, 0.15) is 11.9 Å². The van der Waals surface area contributed by atoms with Crippen LogP contribution >= 0.6 is 0 Å². The third kappa shape index (κ3) is 3.62. The SMILES string of the molecule is CNCC1CCN(C(=O)C(Cc2ccccc2)n2nnnc2C)C1. The van der Waals surface area contributed by atoms with Crippen LogP contribution in [-0.2, 0) is 11.2 Å². The Morgan fingerprint density at radius 3 is 2.83 bits per heavy atom. The van der Waals surface area contributed by atoms with Crippen LogP contribution in [0.2, 0.25) is 0 Å². The summed E-state index contributed by atoms with van der Waals surface area (Å²) in [5.41, 5.74) is 1.11. The minimum atomic E-state index is -0.393. The lowest BCUT2D eigenvalue weighted by molar-refractivity contribution is -0.134. The van der Waals surface area contributed by atoms with Crippen molar-refractivity contribution in [2.45, 2.75) is 25.8 Å². The first-order valence-corrected chi connectivity index (χ1v) is 8.41. The number of rotatable bonds is 6. The molecule has 1 aromatic heterocycles. The molecule has 128 valence electrons. The van der Waals surface area contributed by atoms with Gasteiger partial charge in [0.2, 0.25) is 5.91 Å². The number of aryl methyl sites for hydroxylation is 1. The minimum Gasteiger partial charge on any atom is -0.340 e. The fourth-order valence-electron chi connectivity index (χ4n) is 3.34. The first-order valence-electron chi connectivity index (χ1n) is 8.41. The largest absolute Gasteiger partial charge is 0.340 e. The summed E-state index contributed by atoms with van der Waals surface area (Å²) >= 11 is 0. The maximum atomic E-state index is 13.1. The van der Waals surface area contributed by atoms with E-state index in [4.69, 9.17) is 0 Å². The summed E-state index contributed by atoms with van der Waals surface area (Å²) in [7, 11) is 1.95. The van der Waals surface area contributed by atoms with Gasteiger partial charge in [-0.15, -0.1) is 5.10 Å². The standard InChI is InChI=1S/C17H24N6O/c1-13-19-20-21-23(13)16(10-14-6-4-3-5-7-14)17(24)22-9-8-15(12-22)11-18-2/h3-7,15-16,18H,8-12H2,1-2H3. The predicted molar refractivity (Wildman–Crippen MR) is 90.4 cm³/mol. The van der Waals surface area contributed by atoms with E-state index in [2.05, 4.69) is 20.8 Å². The van der Waals surface area contributed by atoms with E-state index in [1.165, 1.54) is 0 Å². The highest BCUT2D eigenvalue weighted by Gasteiger charge is 2.33. The Kier molecular flexibility index (Phi) is 5.20. The zero-order valence-electron chi connectivity index (χ0n) is 14.2. The number of hydrogen-bond acceptors (Lipinski definition) is 5. The number of likely N-dealkylation sites (tertiary alicyclic amines) is 1. The maximum absolute atomic E-state index is 13.1. The van der Waals surface area contributed by atoms with Crippen molar-refractivity contribution in [3.05, 3.63) is 41.7 Å². The summed E-state index contributed by atoms with van der Waals surface area (Å²) in [6, 6.07) is 9.63. The molecule has 7 heteroatoms. The molecule has 2 atom stereocenters. The van der Waals surface area contributed by atoms with Crippen LogP contribution < -0.4 is 5.32 Å². The monoisotopic (exact) mass is 328 g/mol. The number of benzene rings is 1. The van der Waals surface area contributed by atoms with Gasteiger partial charge in [-0.1, -0.05) is 30.3 Å². The number of nitrogens with one attached hydrogen (secondary N) is 1. The molecule has 7 nitrogen and oxygen atoms in total. The summed E-state index contributed by atoms with van der Waals surface area (Å²) in [6.07, 6.45) is 1.64. The molecule has 0 spiro atoms. The van der Waals surface area contributed by atoms with E-state index >= 15 is 0 Å². The van der Waals surface area contributed by atoms with Crippen molar-refractivity contribution in [3.63, 3.8) is 0 Å². The summed E-state index contributed by atoms with van der Waals surface area (Å²) in [5, 5.41) is 14.9. The number of nitrogens with zero attached hydrogens (tertiary/aromatic N) is 5. The van der Waals surface area contributed by atoms with E-state index in [1.54, 1.807) is 4.68 Å². The van der Waals surface area contributed by atoms with Gasteiger partial charge in [0.05, 0.1) is 0 Å². The number of carbonyl (C=O) groups is 1. The molecule has 2 heterocycles. The quantitative estimate of drug-likeness (QED) is 0.850.